The van der Waals surface area contributed by atoms with Crippen LogP contribution in [-0.2, 0) is 0 Å². The molecule has 3 aromatic heterocycles. The van der Waals surface area contributed by atoms with Gasteiger partial charge in [0.1, 0.15) is 5.69 Å². The summed E-state index contributed by atoms with van der Waals surface area (Å²) < 4.78 is 43.5. The standard InChI is InChI=1S/C30H31ClF3N9O2/c1-16(18-8-36-29(37-9-18)42-7-6-24(42)17(2)41-14-30(3,45)15-41)43-13-19(10-38-43)39-28(44)23-12-35-11-22(40-23)25-20(27(33)34)4-5-21(31)26(25)32/h4-5,8-13,16-17,24,27,45H,6-7,14-15H2,1-3H3,(H,39,44)/t16?,17-,24+/m1/s1. The van der Waals surface area contributed by atoms with Crippen molar-refractivity contribution in [1.82, 2.24) is 34.6 Å². The largest absolute Gasteiger partial charge is 0.388 e. The SMILES string of the molecule is CC(c1cnc(N2CC[C@H]2[C@@H](C)N2CC(C)(O)C2)nc1)n1cc(NC(=O)c2cncc(-c3c(C(F)F)ccc(Cl)c3F)n2)cn1. The van der Waals surface area contributed by atoms with Crippen LogP contribution in [0.1, 0.15) is 61.3 Å². The lowest BCUT2D eigenvalue weighted by Gasteiger charge is -2.54. The zero-order valence-corrected chi connectivity index (χ0v) is 25.5. The van der Waals surface area contributed by atoms with Crippen molar-refractivity contribution in [3.8, 4) is 11.3 Å². The molecule has 2 aliphatic heterocycles. The first-order chi connectivity index (χ1) is 21.4. The van der Waals surface area contributed by atoms with Crippen molar-refractivity contribution in [3.63, 3.8) is 0 Å². The molecule has 45 heavy (non-hydrogen) atoms. The molecule has 2 saturated heterocycles. The fourth-order valence-electron chi connectivity index (χ4n) is 5.78. The highest BCUT2D eigenvalue weighted by Crippen LogP contribution is 2.36. The Kier molecular flexibility index (Phi) is 8.22. The summed E-state index contributed by atoms with van der Waals surface area (Å²) in [5.41, 5.74) is -1.06. The summed E-state index contributed by atoms with van der Waals surface area (Å²) in [5, 5.41) is 16.7. The molecular formula is C30H31ClF3N9O2. The number of amides is 1. The average molecular weight is 642 g/mol. The Morgan fingerprint density at radius 2 is 1.87 bits per heavy atom. The van der Waals surface area contributed by atoms with Gasteiger partial charge in [-0.25, -0.2) is 28.1 Å². The van der Waals surface area contributed by atoms with Crippen LogP contribution in [0.15, 0.2) is 49.3 Å². The van der Waals surface area contributed by atoms with Gasteiger partial charge in [0.15, 0.2) is 5.82 Å². The lowest BCUT2D eigenvalue weighted by atomic mass is 9.88. The molecule has 2 fully saturated rings. The Bertz CT molecular complexity index is 1710. The summed E-state index contributed by atoms with van der Waals surface area (Å²) in [6, 6.07) is 2.34. The normalized spacial score (nSPS) is 19.1. The number of benzene rings is 1. The number of hydrogen-bond donors (Lipinski definition) is 2. The summed E-state index contributed by atoms with van der Waals surface area (Å²) in [6.45, 7) is 8.12. The number of β-amino-alcohol motifs (C(OH)–C–C–N with tert-alkyl or cyclic N) is 1. The minimum absolute atomic E-state index is 0.213. The summed E-state index contributed by atoms with van der Waals surface area (Å²) in [5.74, 6) is -1.11. The topological polar surface area (TPSA) is 125 Å². The minimum atomic E-state index is -2.99. The molecule has 1 amide bonds. The van der Waals surface area contributed by atoms with Crippen LogP contribution in [0.4, 0.5) is 24.8 Å². The smallest absolute Gasteiger partial charge is 0.275 e. The van der Waals surface area contributed by atoms with E-state index < -0.39 is 34.9 Å². The van der Waals surface area contributed by atoms with E-state index in [1.165, 1.54) is 6.20 Å². The lowest BCUT2D eigenvalue weighted by molar-refractivity contribution is -0.105. The van der Waals surface area contributed by atoms with Crippen LogP contribution in [0.25, 0.3) is 11.3 Å². The van der Waals surface area contributed by atoms with Gasteiger partial charge >= 0.3 is 0 Å². The predicted molar refractivity (Wildman–Crippen MR) is 161 cm³/mol. The van der Waals surface area contributed by atoms with Gasteiger partial charge < -0.3 is 15.3 Å². The quantitative estimate of drug-likeness (QED) is 0.266. The van der Waals surface area contributed by atoms with E-state index in [9.17, 15) is 23.1 Å². The molecular weight excluding hydrogens is 611 g/mol. The Hall–Kier alpha value is -4.14. The molecule has 3 atom stereocenters. The first-order valence-corrected chi connectivity index (χ1v) is 14.8. The van der Waals surface area contributed by atoms with E-state index in [2.05, 4.69) is 47.1 Å². The second-order valence-electron chi connectivity index (χ2n) is 11.8. The molecule has 2 N–H and O–H groups in total. The molecule has 6 rings (SSSR count). The van der Waals surface area contributed by atoms with Crippen LogP contribution in [-0.4, -0.2) is 82.9 Å². The Morgan fingerprint density at radius 1 is 1.13 bits per heavy atom. The van der Waals surface area contributed by atoms with Crippen LogP contribution in [0.3, 0.4) is 0 Å². The summed E-state index contributed by atoms with van der Waals surface area (Å²) >= 11 is 5.82. The van der Waals surface area contributed by atoms with E-state index in [0.717, 1.165) is 43.1 Å². The summed E-state index contributed by atoms with van der Waals surface area (Å²) in [7, 11) is 0. The Balaban J connectivity index is 1.11. The fourth-order valence-corrected chi connectivity index (χ4v) is 5.94. The zero-order valence-electron chi connectivity index (χ0n) is 24.7. The van der Waals surface area contributed by atoms with Gasteiger partial charge in [-0.05, 0) is 33.3 Å². The molecule has 2 aliphatic rings. The maximum Gasteiger partial charge on any atom is 0.275 e. The van der Waals surface area contributed by atoms with Gasteiger partial charge in [0.05, 0.1) is 46.6 Å². The Labute approximate surface area is 262 Å². The number of alkyl halides is 2. The highest BCUT2D eigenvalue weighted by atomic mass is 35.5. The number of carbonyl (C=O) groups excluding carboxylic acids is 1. The molecule has 15 heteroatoms. The second-order valence-corrected chi connectivity index (χ2v) is 12.2. The maximum atomic E-state index is 14.7. The number of rotatable bonds is 9. The maximum absolute atomic E-state index is 14.7. The molecule has 5 heterocycles. The van der Waals surface area contributed by atoms with Gasteiger partial charge in [0, 0.05) is 67.0 Å². The zero-order chi connectivity index (χ0) is 32.0. The first kappa shape index (κ1) is 30.9. The number of nitrogens with zero attached hydrogens (tertiary/aromatic N) is 8. The molecule has 0 aliphatic carbocycles. The van der Waals surface area contributed by atoms with Crippen LogP contribution in [0.2, 0.25) is 5.02 Å². The first-order valence-electron chi connectivity index (χ1n) is 14.4. The third-order valence-electron chi connectivity index (χ3n) is 8.43. The van der Waals surface area contributed by atoms with Crippen molar-refractivity contribution in [1.29, 1.82) is 0 Å². The number of hydrogen-bond acceptors (Lipinski definition) is 9. The fraction of sp³-hybridized carbons (Fsp3) is 0.400. The Morgan fingerprint density at radius 3 is 2.51 bits per heavy atom. The highest BCUT2D eigenvalue weighted by Gasteiger charge is 2.45. The number of carbonyl (C=O) groups is 1. The van der Waals surface area contributed by atoms with Gasteiger partial charge in [0.2, 0.25) is 5.95 Å². The van der Waals surface area contributed by atoms with Crippen LogP contribution in [0.5, 0.6) is 0 Å². The van der Waals surface area contributed by atoms with Crippen molar-refractivity contribution in [2.45, 2.75) is 57.3 Å². The van der Waals surface area contributed by atoms with E-state index in [-0.39, 0.29) is 34.5 Å². The number of aliphatic hydroxyl groups is 1. The summed E-state index contributed by atoms with van der Waals surface area (Å²) in [4.78, 5) is 34.6. The molecule has 0 bridgehead atoms. The van der Waals surface area contributed by atoms with E-state index in [4.69, 9.17) is 11.6 Å². The van der Waals surface area contributed by atoms with E-state index in [1.807, 2.05) is 13.8 Å². The van der Waals surface area contributed by atoms with Crippen LogP contribution < -0.4 is 10.2 Å². The van der Waals surface area contributed by atoms with Crippen molar-refractivity contribution in [2.24, 2.45) is 0 Å². The van der Waals surface area contributed by atoms with Crippen molar-refractivity contribution in [3.05, 3.63) is 77.0 Å². The van der Waals surface area contributed by atoms with Crippen molar-refractivity contribution >= 4 is 29.1 Å². The minimum Gasteiger partial charge on any atom is -0.388 e. The van der Waals surface area contributed by atoms with Gasteiger partial charge in [0.25, 0.3) is 12.3 Å². The summed E-state index contributed by atoms with van der Waals surface area (Å²) in [6.07, 6.45) is 6.85. The predicted octanol–water partition coefficient (Wildman–Crippen LogP) is 4.76. The molecule has 236 valence electrons. The molecule has 1 unspecified atom stereocenters. The monoisotopic (exact) mass is 641 g/mol. The molecule has 11 nitrogen and oxygen atoms in total. The number of likely N-dealkylation sites (tertiary alicyclic amines) is 1. The molecule has 0 spiro atoms. The number of nitrogens with one attached hydrogen (secondary N) is 1. The number of aromatic nitrogens is 6. The van der Waals surface area contributed by atoms with Gasteiger partial charge in [-0.15, -0.1) is 0 Å². The van der Waals surface area contributed by atoms with Crippen molar-refractivity contribution < 1.29 is 23.1 Å². The lowest BCUT2D eigenvalue weighted by Crippen LogP contribution is -2.68. The van der Waals surface area contributed by atoms with Gasteiger partial charge in [-0.3, -0.25) is 19.4 Å². The van der Waals surface area contributed by atoms with E-state index in [0.29, 0.717) is 24.7 Å². The number of anilines is 2. The average Bonchev–Trinajstić information content (AvgIpc) is 3.45. The van der Waals surface area contributed by atoms with Crippen LogP contribution >= 0.6 is 11.6 Å². The third kappa shape index (κ3) is 6.09. The van der Waals surface area contributed by atoms with Gasteiger partial charge in [-0.1, -0.05) is 17.7 Å². The third-order valence-corrected chi connectivity index (χ3v) is 8.72. The molecule has 0 saturated carbocycles. The highest BCUT2D eigenvalue weighted by molar-refractivity contribution is 6.31. The van der Waals surface area contributed by atoms with E-state index >= 15 is 0 Å². The van der Waals surface area contributed by atoms with Crippen molar-refractivity contribution in [2.75, 3.05) is 29.9 Å². The van der Waals surface area contributed by atoms with Crippen LogP contribution in [0, 0.1) is 5.82 Å². The molecule has 4 aromatic rings. The second kappa shape index (κ2) is 12.0. The molecule has 1 aromatic carbocycles. The molecule has 0 radical (unpaired) electrons. The van der Waals surface area contributed by atoms with Gasteiger partial charge in [-0.2, -0.15) is 5.10 Å². The van der Waals surface area contributed by atoms with E-state index in [1.54, 1.807) is 23.3 Å². The number of halogens is 4.